The number of aromatic nitrogens is 3. The first kappa shape index (κ1) is 23.3. The van der Waals surface area contributed by atoms with Crippen LogP contribution in [0, 0.1) is 0 Å². The number of aryl methyl sites for hydroxylation is 1. The molecular weight excluding hydrogens is 426 g/mol. The Morgan fingerprint density at radius 2 is 1.81 bits per heavy atom. The van der Waals surface area contributed by atoms with E-state index in [2.05, 4.69) is 27.8 Å². The number of anilines is 1. The van der Waals surface area contributed by atoms with Crippen molar-refractivity contribution in [2.75, 3.05) is 11.1 Å². The van der Waals surface area contributed by atoms with E-state index in [0.717, 1.165) is 12.1 Å². The number of nitrogens with zero attached hydrogens (tertiary/aromatic N) is 3. The van der Waals surface area contributed by atoms with Crippen molar-refractivity contribution in [3.63, 3.8) is 0 Å². The molecule has 0 saturated heterocycles. The minimum Gasteiger partial charge on any atom is -0.481 e. The second-order valence-corrected chi connectivity index (χ2v) is 8.08. The lowest BCUT2D eigenvalue weighted by Crippen LogP contribution is -2.36. The van der Waals surface area contributed by atoms with Gasteiger partial charge in [0.1, 0.15) is 5.75 Å². The van der Waals surface area contributed by atoms with E-state index in [1.165, 1.54) is 17.3 Å². The number of carbonyl (C=O) groups is 2. The molecule has 0 radical (unpaired) electrons. The normalized spacial score (nSPS) is 11.6. The van der Waals surface area contributed by atoms with Gasteiger partial charge < -0.3 is 19.9 Å². The van der Waals surface area contributed by atoms with Crippen LogP contribution >= 0.6 is 11.8 Å². The van der Waals surface area contributed by atoms with Crippen molar-refractivity contribution in [1.82, 2.24) is 20.1 Å². The van der Waals surface area contributed by atoms with Crippen LogP contribution in [0.1, 0.15) is 25.2 Å². The number of para-hydroxylation sites is 1. The molecular formula is C23H27N5O3S. The number of amides is 2. The fourth-order valence-electron chi connectivity index (χ4n) is 2.84. The summed E-state index contributed by atoms with van der Waals surface area (Å²) in [7, 11) is 1.80. The van der Waals surface area contributed by atoms with Gasteiger partial charge >= 0.3 is 0 Å². The van der Waals surface area contributed by atoms with Gasteiger partial charge in [-0.3, -0.25) is 9.59 Å². The molecule has 0 bridgehead atoms. The van der Waals surface area contributed by atoms with Crippen molar-refractivity contribution in [3.8, 4) is 5.75 Å². The summed E-state index contributed by atoms with van der Waals surface area (Å²) in [5.74, 6) is 1.07. The van der Waals surface area contributed by atoms with Gasteiger partial charge in [-0.2, -0.15) is 0 Å². The Morgan fingerprint density at radius 3 is 2.50 bits per heavy atom. The molecule has 0 aliphatic heterocycles. The molecule has 8 nitrogen and oxygen atoms in total. The summed E-state index contributed by atoms with van der Waals surface area (Å²) in [4.78, 5) is 24.5. The zero-order chi connectivity index (χ0) is 22.9. The van der Waals surface area contributed by atoms with E-state index in [-0.39, 0.29) is 24.1 Å². The molecule has 1 aromatic heterocycles. The predicted octanol–water partition coefficient (Wildman–Crippen LogP) is 3.19. The van der Waals surface area contributed by atoms with Crippen LogP contribution in [0.3, 0.4) is 0 Å². The highest BCUT2D eigenvalue weighted by Gasteiger charge is 2.17. The molecule has 2 N–H and O–H groups in total. The maximum Gasteiger partial charge on any atom is 0.261 e. The first-order chi connectivity index (χ1) is 15.5. The van der Waals surface area contributed by atoms with Crippen LogP contribution in [0.4, 0.5) is 5.69 Å². The highest BCUT2D eigenvalue weighted by atomic mass is 32.2. The van der Waals surface area contributed by atoms with Crippen LogP contribution in [0.2, 0.25) is 0 Å². The second-order valence-electron chi connectivity index (χ2n) is 7.14. The molecule has 0 aliphatic carbocycles. The minimum absolute atomic E-state index is 0.128. The molecule has 1 atom stereocenters. The summed E-state index contributed by atoms with van der Waals surface area (Å²) < 4.78 is 7.47. The van der Waals surface area contributed by atoms with Crippen LogP contribution in [-0.4, -0.2) is 38.4 Å². The van der Waals surface area contributed by atoms with Gasteiger partial charge in [0, 0.05) is 12.7 Å². The molecule has 3 rings (SSSR count). The monoisotopic (exact) mass is 453 g/mol. The Bertz CT molecular complexity index is 1040. The number of rotatable bonds is 10. The van der Waals surface area contributed by atoms with Crippen LogP contribution < -0.4 is 15.4 Å². The van der Waals surface area contributed by atoms with Gasteiger partial charge in [-0.25, -0.2) is 0 Å². The molecule has 2 aromatic carbocycles. The summed E-state index contributed by atoms with van der Waals surface area (Å²) in [5.41, 5.74) is 1.96. The van der Waals surface area contributed by atoms with Crippen LogP contribution in [0.15, 0.2) is 59.8 Å². The number of hydrogen-bond donors (Lipinski definition) is 2. The summed E-state index contributed by atoms with van der Waals surface area (Å²) in [5, 5.41) is 14.5. The standard InChI is InChI=1S/C23H27N5O3S/c1-4-17-10-12-19(13-11-17)31-16(2)22(30)24-14-20-26-27-23(28(20)3)32-15-21(29)25-18-8-6-5-7-9-18/h5-13,16H,4,14-15H2,1-3H3,(H,24,30)(H,25,29)/t16-/m1/s1. The average molecular weight is 454 g/mol. The Morgan fingerprint density at radius 1 is 1.09 bits per heavy atom. The van der Waals surface area contributed by atoms with Crippen molar-refractivity contribution in [1.29, 1.82) is 0 Å². The lowest BCUT2D eigenvalue weighted by Gasteiger charge is -2.15. The Labute approximate surface area is 191 Å². The molecule has 32 heavy (non-hydrogen) atoms. The molecule has 168 valence electrons. The third-order valence-electron chi connectivity index (χ3n) is 4.75. The number of hydrogen-bond acceptors (Lipinski definition) is 6. The highest BCUT2D eigenvalue weighted by Crippen LogP contribution is 2.17. The maximum atomic E-state index is 12.4. The van der Waals surface area contributed by atoms with Gasteiger partial charge in [-0.1, -0.05) is 49.0 Å². The maximum absolute atomic E-state index is 12.4. The Kier molecular flexibility index (Phi) is 8.27. The number of nitrogens with one attached hydrogen (secondary N) is 2. The molecule has 0 saturated carbocycles. The van der Waals surface area contributed by atoms with Crippen molar-refractivity contribution in [3.05, 3.63) is 66.0 Å². The minimum atomic E-state index is -0.647. The summed E-state index contributed by atoms with van der Waals surface area (Å²) >= 11 is 1.28. The molecule has 0 spiro atoms. The van der Waals surface area contributed by atoms with Crippen molar-refractivity contribution < 1.29 is 14.3 Å². The van der Waals surface area contributed by atoms with Gasteiger partial charge in [0.05, 0.1) is 12.3 Å². The van der Waals surface area contributed by atoms with E-state index in [9.17, 15) is 9.59 Å². The molecule has 2 amide bonds. The van der Waals surface area contributed by atoms with Crippen LogP contribution in [0.5, 0.6) is 5.75 Å². The third kappa shape index (κ3) is 6.58. The van der Waals surface area contributed by atoms with Gasteiger partial charge in [0.15, 0.2) is 17.1 Å². The molecule has 1 heterocycles. The van der Waals surface area contributed by atoms with Crippen molar-refractivity contribution >= 4 is 29.3 Å². The van der Waals surface area contributed by atoms with E-state index in [1.54, 1.807) is 18.5 Å². The van der Waals surface area contributed by atoms with E-state index in [0.29, 0.717) is 16.7 Å². The zero-order valence-corrected chi connectivity index (χ0v) is 19.2. The fourth-order valence-corrected chi connectivity index (χ4v) is 3.57. The summed E-state index contributed by atoms with van der Waals surface area (Å²) in [6.07, 6.45) is 0.303. The topological polar surface area (TPSA) is 98.1 Å². The first-order valence-electron chi connectivity index (χ1n) is 10.4. The van der Waals surface area contributed by atoms with Gasteiger partial charge in [-0.05, 0) is 43.2 Å². The second kappa shape index (κ2) is 11.3. The molecule has 0 aliphatic rings. The van der Waals surface area contributed by atoms with Gasteiger partial charge in [-0.15, -0.1) is 10.2 Å². The molecule has 9 heteroatoms. The molecule has 3 aromatic rings. The first-order valence-corrected chi connectivity index (χ1v) is 11.3. The quantitative estimate of drug-likeness (QED) is 0.458. The molecule has 0 fully saturated rings. The van der Waals surface area contributed by atoms with Crippen molar-refractivity contribution in [2.24, 2.45) is 7.05 Å². The number of ether oxygens (including phenoxy) is 1. The Balaban J connectivity index is 1.46. The lowest BCUT2D eigenvalue weighted by atomic mass is 10.2. The largest absolute Gasteiger partial charge is 0.481 e. The van der Waals surface area contributed by atoms with Crippen LogP contribution in [-0.2, 0) is 29.6 Å². The fraction of sp³-hybridized carbons (Fsp3) is 0.304. The van der Waals surface area contributed by atoms with E-state index < -0.39 is 6.10 Å². The number of carbonyl (C=O) groups excluding carboxylic acids is 2. The summed E-state index contributed by atoms with van der Waals surface area (Å²) in [6.45, 7) is 4.00. The van der Waals surface area contributed by atoms with E-state index >= 15 is 0 Å². The third-order valence-corrected chi connectivity index (χ3v) is 5.77. The van der Waals surface area contributed by atoms with Gasteiger partial charge in [0.2, 0.25) is 5.91 Å². The Hall–Kier alpha value is -3.33. The van der Waals surface area contributed by atoms with Crippen LogP contribution in [0.25, 0.3) is 0 Å². The predicted molar refractivity (Wildman–Crippen MR) is 125 cm³/mol. The average Bonchev–Trinajstić information content (AvgIpc) is 3.16. The zero-order valence-electron chi connectivity index (χ0n) is 18.4. The summed E-state index contributed by atoms with van der Waals surface area (Å²) in [6, 6.07) is 17.0. The lowest BCUT2D eigenvalue weighted by molar-refractivity contribution is -0.127. The SMILES string of the molecule is CCc1ccc(O[C@H](C)C(=O)NCc2nnc(SCC(=O)Nc3ccccc3)n2C)cc1. The highest BCUT2D eigenvalue weighted by molar-refractivity contribution is 7.99. The van der Waals surface area contributed by atoms with Gasteiger partial charge in [0.25, 0.3) is 5.91 Å². The van der Waals surface area contributed by atoms with E-state index in [4.69, 9.17) is 4.74 Å². The number of thioether (sulfide) groups is 1. The number of benzene rings is 2. The van der Waals surface area contributed by atoms with E-state index in [1.807, 2.05) is 54.6 Å². The smallest absolute Gasteiger partial charge is 0.261 e. The van der Waals surface area contributed by atoms with Crippen molar-refractivity contribution in [2.45, 2.75) is 38.1 Å². The molecule has 0 unspecified atom stereocenters.